The summed E-state index contributed by atoms with van der Waals surface area (Å²) in [5, 5.41) is 10.9. The molecule has 0 heterocycles. The van der Waals surface area contributed by atoms with Crippen molar-refractivity contribution in [1.29, 1.82) is 0 Å². The third-order valence-electron chi connectivity index (χ3n) is 4.23. The predicted octanol–water partition coefficient (Wildman–Crippen LogP) is 4.06. The first-order chi connectivity index (χ1) is 11.6. The monoisotopic (exact) mass is 423 g/mol. The predicted molar refractivity (Wildman–Crippen MR) is 95.3 cm³/mol. The standard InChI is InChI=1S/C16H13Cl3FNO3S/c1-21(25(23,24)15-3-2-9(20)6-13(15)19)16-11-4-8(17)5-12(18)10(11)7-14(16)22/h2-6,14,16,22H,7H2,1H3/t14-,16-/m0/s1. The Morgan fingerprint density at radius 3 is 2.48 bits per heavy atom. The maximum Gasteiger partial charge on any atom is 0.244 e. The highest BCUT2D eigenvalue weighted by Gasteiger charge is 2.41. The minimum atomic E-state index is -4.08. The quantitative estimate of drug-likeness (QED) is 0.808. The molecular weight excluding hydrogens is 412 g/mol. The molecule has 0 saturated carbocycles. The second kappa shape index (κ2) is 6.68. The lowest BCUT2D eigenvalue weighted by atomic mass is 10.1. The van der Waals surface area contributed by atoms with Crippen LogP contribution in [0.25, 0.3) is 0 Å². The van der Waals surface area contributed by atoms with Gasteiger partial charge >= 0.3 is 0 Å². The molecule has 2 aromatic carbocycles. The maximum absolute atomic E-state index is 13.2. The van der Waals surface area contributed by atoms with Crippen LogP contribution in [0.5, 0.6) is 0 Å². The van der Waals surface area contributed by atoms with E-state index in [9.17, 15) is 17.9 Å². The van der Waals surface area contributed by atoms with Gasteiger partial charge in [0.2, 0.25) is 10.0 Å². The number of halogens is 4. The fourth-order valence-electron chi connectivity index (χ4n) is 3.06. The van der Waals surface area contributed by atoms with E-state index < -0.39 is 28.0 Å². The number of likely N-dealkylation sites (N-methyl/N-ethyl adjacent to an activating group) is 1. The van der Waals surface area contributed by atoms with E-state index in [2.05, 4.69) is 0 Å². The van der Waals surface area contributed by atoms with E-state index in [1.165, 1.54) is 7.05 Å². The number of hydrogen-bond donors (Lipinski definition) is 1. The molecule has 0 bridgehead atoms. The molecule has 0 fully saturated rings. The third-order valence-corrected chi connectivity index (χ3v) is 7.11. The summed E-state index contributed by atoms with van der Waals surface area (Å²) < 4.78 is 40.1. The molecule has 0 saturated heterocycles. The summed E-state index contributed by atoms with van der Waals surface area (Å²) in [6, 6.07) is 5.28. The molecule has 0 spiro atoms. The van der Waals surface area contributed by atoms with Crippen molar-refractivity contribution < 1.29 is 17.9 Å². The first-order valence-corrected chi connectivity index (χ1v) is 9.79. The number of benzene rings is 2. The topological polar surface area (TPSA) is 57.6 Å². The average molecular weight is 425 g/mol. The van der Waals surface area contributed by atoms with Crippen LogP contribution in [-0.2, 0) is 16.4 Å². The van der Waals surface area contributed by atoms with Crippen molar-refractivity contribution in [3.05, 3.63) is 62.3 Å². The van der Waals surface area contributed by atoms with Gasteiger partial charge in [-0.15, -0.1) is 0 Å². The number of aliphatic hydroxyl groups is 1. The number of nitrogens with zero attached hydrogens (tertiary/aromatic N) is 1. The molecule has 0 radical (unpaired) electrons. The van der Waals surface area contributed by atoms with Crippen LogP contribution < -0.4 is 0 Å². The fraction of sp³-hybridized carbons (Fsp3) is 0.250. The van der Waals surface area contributed by atoms with Crippen molar-refractivity contribution in [3.63, 3.8) is 0 Å². The Hall–Kier alpha value is -0.890. The Labute approximate surface area is 159 Å². The van der Waals surface area contributed by atoms with Crippen molar-refractivity contribution in [3.8, 4) is 0 Å². The van der Waals surface area contributed by atoms with Gasteiger partial charge in [0.1, 0.15) is 10.7 Å². The molecule has 2 atom stereocenters. The Kier molecular flexibility index (Phi) is 5.05. The van der Waals surface area contributed by atoms with Gasteiger partial charge in [0.05, 0.1) is 17.2 Å². The molecule has 25 heavy (non-hydrogen) atoms. The molecule has 0 amide bonds. The van der Waals surface area contributed by atoms with Crippen molar-refractivity contribution >= 4 is 44.8 Å². The van der Waals surface area contributed by atoms with Crippen LogP contribution in [0.4, 0.5) is 4.39 Å². The zero-order valence-electron chi connectivity index (χ0n) is 12.9. The second-order valence-corrected chi connectivity index (χ2v) is 8.98. The highest BCUT2D eigenvalue weighted by molar-refractivity contribution is 7.89. The Morgan fingerprint density at radius 1 is 1.16 bits per heavy atom. The maximum atomic E-state index is 13.2. The normalized spacial score (nSPS) is 20.1. The summed E-state index contributed by atoms with van der Waals surface area (Å²) in [7, 11) is -2.76. The van der Waals surface area contributed by atoms with Crippen molar-refractivity contribution in [2.45, 2.75) is 23.5 Å². The summed E-state index contributed by atoms with van der Waals surface area (Å²) in [4.78, 5) is -0.244. The van der Waals surface area contributed by atoms with Gasteiger partial charge in [0.25, 0.3) is 0 Å². The highest BCUT2D eigenvalue weighted by atomic mass is 35.5. The molecule has 0 aliphatic heterocycles. The van der Waals surface area contributed by atoms with Gasteiger partial charge in [-0.25, -0.2) is 12.8 Å². The van der Waals surface area contributed by atoms with Crippen LogP contribution in [0.3, 0.4) is 0 Å². The largest absolute Gasteiger partial charge is 0.391 e. The van der Waals surface area contributed by atoms with Gasteiger partial charge < -0.3 is 5.11 Å². The van der Waals surface area contributed by atoms with Crippen LogP contribution in [-0.4, -0.2) is 31.0 Å². The minimum absolute atomic E-state index is 0.201. The molecule has 3 rings (SSSR count). The first-order valence-electron chi connectivity index (χ1n) is 7.22. The van der Waals surface area contributed by atoms with E-state index in [1.54, 1.807) is 12.1 Å². The average Bonchev–Trinajstić information content (AvgIpc) is 2.82. The zero-order chi connectivity index (χ0) is 18.5. The van der Waals surface area contributed by atoms with E-state index in [1.807, 2.05) is 0 Å². The molecule has 0 unspecified atom stereocenters. The zero-order valence-corrected chi connectivity index (χ0v) is 16.0. The van der Waals surface area contributed by atoms with Gasteiger partial charge in [-0.3, -0.25) is 0 Å². The van der Waals surface area contributed by atoms with Crippen molar-refractivity contribution in [1.82, 2.24) is 4.31 Å². The van der Waals surface area contributed by atoms with Crippen LogP contribution in [0.1, 0.15) is 17.2 Å². The lowest BCUT2D eigenvalue weighted by Gasteiger charge is -2.27. The van der Waals surface area contributed by atoms with Crippen molar-refractivity contribution in [2.75, 3.05) is 7.05 Å². The van der Waals surface area contributed by atoms with Gasteiger partial charge in [0.15, 0.2) is 0 Å². The van der Waals surface area contributed by atoms with Gasteiger partial charge in [0, 0.05) is 23.5 Å². The van der Waals surface area contributed by atoms with Crippen LogP contribution in [0, 0.1) is 5.82 Å². The van der Waals surface area contributed by atoms with E-state index in [-0.39, 0.29) is 16.3 Å². The minimum Gasteiger partial charge on any atom is -0.391 e. The number of aliphatic hydroxyl groups excluding tert-OH is 1. The summed E-state index contributed by atoms with van der Waals surface area (Å²) in [6.45, 7) is 0. The highest BCUT2D eigenvalue weighted by Crippen LogP contribution is 2.42. The smallest absolute Gasteiger partial charge is 0.244 e. The lowest BCUT2D eigenvalue weighted by molar-refractivity contribution is 0.113. The molecule has 2 aromatic rings. The summed E-state index contributed by atoms with van der Waals surface area (Å²) in [6.07, 6.45) is -0.794. The first kappa shape index (κ1) is 18.9. The molecule has 1 aliphatic rings. The summed E-state index contributed by atoms with van der Waals surface area (Å²) in [5.74, 6) is -0.642. The lowest BCUT2D eigenvalue weighted by Crippen LogP contribution is -2.36. The SMILES string of the molecule is CN([C@H]1c2cc(Cl)cc(Cl)c2C[C@@H]1O)S(=O)(=O)c1ccc(F)cc1Cl. The van der Waals surface area contributed by atoms with Gasteiger partial charge in [-0.1, -0.05) is 34.8 Å². The fourth-order valence-corrected chi connectivity index (χ4v) is 5.51. The van der Waals surface area contributed by atoms with Crippen LogP contribution >= 0.6 is 34.8 Å². The molecule has 1 N–H and O–H groups in total. The van der Waals surface area contributed by atoms with E-state index in [0.29, 0.717) is 21.2 Å². The number of hydrogen-bond acceptors (Lipinski definition) is 3. The summed E-state index contributed by atoms with van der Waals surface area (Å²) in [5.41, 5.74) is 1.19. The van der Waals surface area contributed by atoms with Crippen LogP contribution in [0.15, 0.2) is 35.2 Å². The molecule has 1 aliphatic carbocycles. The van der Waals surface area contributed by atoms with Gasteiger partial charge in [-0.05, 0) is 41.5 Å². The molecule has 9 heteroatoms. The van der Waals surface area contributed by atoms with Crippen LogP contribution in [0.2, 0.25) is 15.1 Å². The number of sulfonamides is 1. The Bertz CT molecular complexity index is 952. The molecule has 134 valence electrons. The van der Waals surface area contributed by atoms with E-state index in [0.717, 1.165) is 22.5 Å². The second-order valence-electron chi connectivity index (χ2n) is 5.77. The third kappa shape index (κ3) is 3.27. The van der Waals surface area contributed by atoms with Gasteiger partial charge in [-0.2, -0.15) is 4.31 Å². The molecular formula is C16H13Cl3FNO3S. The number of rotatable bonds is 3. The Balaban J connectivity index is 2.08. The summed E-state index contributed by atoms with van der Waals surface area (Å²) >= 11 is 18.1. The molecule has 0 aromatic heterocycles. The van der Waals surface area contributed by atoms with E-state index >= 15 is 0 Å². The van der Waals surface area contributed by atoms with E-state index in [4.69, 9.17) is 34.8 Å². The number of fused-ring (bicyclic) bond motifs is 1. The Morgan fingerprint density at radius 2 is 1.84 bits per heavy atom. The van der Waals surface area contributed by atoms with Crippen molar-refractivity contribution in [2.24, 2.45) is 0 Å². The molecule has 4 nitrogen and oxygen atoms in total.